The van der Waals surface area contributed by atoms with Gasteiger partial charge in [-0.1, -0.05) is 34.7 Å². The van der Waals surface area contributed by atoms with Crippen molar-refractivity contribution >= 4 is 35.2 Å². The van der Waals surface area contributed by atoms with Gasteiger partial charge in [0.1, 0.15) is 5.82 Å². The van der Waals surface area contributed by atoms with E-state index in [2.05, 4.69) is 0 Å². The Kier molecular flexibility index (Phi) is 3.48. The van der Waals surface area contributed by atoms with Crippen LogP contribution in [0, 0.1) is 5.82 Å². The summed E-state index contributed by atoms with van der Waals surface area (Å²) >= 11 is 2.04. The largest absolute Gasteiger partial charge is 0.488 e. The zero-order valence-electron chi connectivity index (χ0n) is 6.17. The zero-order chi connectivity index (χ0) is 9.14. The molecule has 0 atom stereocenters. The SMILES string of the molecule is OB(O)c1ccc(CI)c([18F])c1. The van der Waals surface area contributed by atoms with Crippen molar-refractivity contribution in [2.75, 3.05) is 0 Å². The molecule has 0 saturated heterocycles. The first-order valence-electron chi connectivity index (χ1n) is 3.35. The fraction of sp³-hybridized carbons (Fsp3) is 0.143. The second kappa shape index (κ2) is 4.20. The molecule has 0 unspecified atom stereocenters. The summed E-state index contributed by atoms with van der Waals surface area (Å²) in [7, 11) is -1.59. The Morgan fingerprint density at radius 2 is 2.08 bits per heavy atom. The first-order valence-corrected chi connectivity index (χ1v) is 4.88. The van der Waals surface area contributed by atoms with Gasteiger partial charge in [-0.15, -0.1) is 0 Å². The van der Waals surface area contributed by atoms with E-state index in [1.54, 1.807) is 6.07 Å². The normalized spacial score (nSPS) is 10.0. The van der Waals surface area contributed by atoms with Gasteiger partial charge in [0.2, 0.25) is 0 Å². The molecule has 0 aliphatic carbocycles. The van der Waals surface area contributed by atoms with Gasteiger partial charge in [0.25, 0.3) is 0 Å². The molecule has 12 heavy (non-hydrogen) atoms. The Morgan fingerprint density at radius 1 is 1.42 bits per heavy atom. The maximum Gasteiger partial charge on any atom is 0.488 e. The topological polar surface area (TPSA) is 40.5 Å². The predicted molar refractivity (Wildman–Crippen MR) is 53.9 cm³/mol. The second-order valence-electron chi connectivity index (χ2n) is 2.36. The monoisotopic (exact) mass is 279 g/mol. The molecule has 0 aliphatic rings. The van der Waals surface area contributed by atoms with Crippen LogP contribution in [0.15, 0.2) is 18.2 Å². The Morgan fingerprint density at radius 3 is 2.50 bits per heavy atom. The summed E-state index contributed by atoms with van der Waals surface area (Å²) in [5.74, 6) is -0.394. The van der Waals surface area contributed by atoms with Gasteiger partial charge in [0, 0.05) is 4.43 Å². The quantitative estimate of drug-likeness (QED) is 0.468. The number of alkyl halides is 1. The van der Waals surface area contributed by atoms with Crippen LogP contribution in [0.2, 0.25) is 0 Å². The van der Waals surface area contributed by atoms with Crippen LogP contribution in [0.5, 0.6) is 0 Å². The third-order valence-electron chi connectivity index (χ3n) is 1.52. The van der Waals surface area contributed by atoms with E-state index < -0.39 is 12.9 Å². The van der Waals surface area contributed by atoms with Crippen molar-refractivity contribution < 1.29 is 14.4 Å². The molecule has 2 nitrogen and oxygen atoms in total. The summed E-state index contributed by atoms with van der Waals surface area (Å²) in [5, 5.41) is 17.4. The maximum absolute atomic E-state index is 13.0. The summed E-state index contributed by atoms with van der Waals surface area (Å²) in [6.45, 7) is 0. The van der Waals surface area contributed by atoms with Crippen LogP contribution in [0.3, 0.4) is 0 Å². The number of rotatable bonds is 2. The van der Waals surface area contributed by atoms with E-state index in [0.717, 1.165) is 6.07 Å². The molecule has 0 amide bonds. The van der Waals surface area contributed by atoms with Crippen molar-refractivity contribution in [1.29, 1.82) is 0 Å². The summed E-state index contributed by atoms with van der Waals surface area (Å²) in [5.41, 5.74) is 0.751. The van der Waals surface area contributed by atoms with Crippen molar-refractivity contribution in [2.45, 2.75) is 4.43 Å². The molecule has 0 fully saturated rings. The molecule has 1 rings (SSSR count). The van der Waals surface area contributed by atoms with Gasteiger partial charge in [-0.05, 0) is 17.1 Å². The van der Waals surface area contributed by atoms with Crippen LogP contribution in [0.4, 0.5) is 4.39 Å². The molecule has 0 spiro atoms. The van der Waals surface area contributed by atoms with E-state index in [4.69, 9.17) is 10.0 Å². The van der Waals surface area contributed by atoms with Crippen LogP contribution >= 0.6 is 22.6 Å². The number of hydrogen-bond donors (Lipinski definition) is 2. The van der Waals surface area contributed by atoms with Crippen LogP contribution in [0.1, 0.15) is 5.56 Å². The fourth-order valence-electron chi connectivity index (χ4n) is 0.833. The van der Waals surface area contributed by atoms with Crippen molar-refractivity contribution in [1.82, 2.24) is 0 Å². The van der Waals surface area contributed by atoms with E-state index in [-0.39, 0.29) is 5.46 Å². The molecule has 0 bridgehead atoms. The minimum atomic E-state index is -1.59. The molecule has 0 aromatic heterocycles. The maximum atomic E-state index is 13.0. The Balaban J connectivity index is 3.02. The third kappa shape index (κ3) is 2.18. The van der Waals surface area contributed by atoms with Crippen molar-refractivity contribution in [3.63, 3.8) is 0 Å². The average Bonchev–Trinajstić information content (AvgIpc) is 2.04. The first-order chi connectivity index (χ1) is 5.65. The lowest BCUT2D eigenvalue weighted by Gasteiger charge is -2.02. The highest BCUT2D eigenvalue weighted by molar-refractivity contribution is 14.1. The molecule has 0 saturated carbocycles. The Bertz CT molecular complexity index is 280. The summed E-state index contributed by atoms with van der Waals surface area (Å²) in [6, 6.07) is 4.19. The van der Waals surface area contributed by atoms with Gasteiger partial charge < -0.3 is 10.0 Å². The third-order valence-corrected chi connectivity index (χ3v) is 2.34. The average molecular weight is 279 g/mol. The molecule has 64 valence electrons. The second-order valence-corrected chi connectivity index (χ2v) is 3.12. The Labute approximate surface area is 83.7 Å². The number of hydrogen-bond acceptors (Lipinski definition) is 2. The lowest BCUT2D eigenvalue weighted by atomic mass is 9.80. The minimum Gasteiger partial charge on any atom is -0.423 e. The van der Waals surface area contributed by atoms with Crippen LogP contribution in [0.25, 0.3) is 0 Å². The smallest absolute Gasteiger partial charge is 0.423 e. The molecule has 0 heterocycles. The molecule has 0 aliphatic heterocycles. The number of benzene rings is 1. The predicted octanol–water partition coefficient (Wildman–Crippen LogP) is 0.440. The lowest BCUT2D eigenvalue weighted by molar-refractivity contribution is 0.425. The van der Waals surface area contributed by atoms with Gasteiger partial charge in [0.05, 0.1) is 0 Å². The van der Waals surface area contributed by atoms with Crippen LogP contribution in [-0.4, -0.2) is 17.2 Å². The Hall–Kier alpha value is -0.135. The first kappa shape index (κ1) is 9.95. The van der Waals surface area contributed by atoms with Gasteiger partial charge >= 0.3 is 7.12 Å². The van der Waals surface area contributed by atoms with Crippen molar-refractivity contribution in [2.24, 2.45) is 0 Å². The summed E-state index contributed by atoms with van der Waals surface area (Å²) < 4.78 is 13.6. The molecule has 1 aromatic carbocycles. The summed E-state index contributed by atoms with van der Waals surface area (Å²) in [4.78, 5) is 0. The molecular weight excluding hydrogens is 272 g/mol. The minimum absolute atomic E-state index is 0.182. The molecule has 2 N–H and O–H groups in total. The lowest BCUT2D eigenvalue weighted by Crippen LogP contribution is -2.30. The highest BCUT2D eigenvalue weighted by Crippen LogP contribution is 2.09. The number of halogens is 2. The van der Waals surface area contributed by atoms with E-state index in [1.807, 2.05) is 22.6 Å². The van der Waals surface area contributed by atoms with Gasteiger partial charge in [-0.2, -0.15) is 0 Å². The van der Waals surface area contributed by atoms with Gasteiger partial charge in [-0.25, -0.2) is 4.39 Å². The molecule has 5 heteroatoms. The van der Waals surface area contributed by atoms with E-state index >= 15 is 0 Å². The van der Waals surface area contributed by atoms with E-state index in [0.29, 0.717) is 9.99 Å². The zero-order valence-corrected chi connectivity index (χ0v) is 8.32. The van der Waals surface area contributed by atoms with E-state index in [9.17, 15) is 4.39 Å². The highest BCUT2D eigenvalue weighted by atomic mass is 127. The molecule has 0 radical (unpaired) electrons. The fourth-order valence-corrected chi connectivity index (χ4v) is 1.45. The summed E-state index contributed by atoms with van der Waals surface area (Å²) in [6.07, 6.45) is 0. The molecule has 1 aromatic rings. The van der Waals surface area contributed by atoms with Crippen molar-refractivity contribution in [3.8, 4) is 0 Å². The van der Waals surface area contributed by atoms with Gasteiger partial charge in [-0.3, -0.25) is 0 Å². The van der Waals surface area contributed by atoms with Crippen molar-refractivity contribution in [3.05, 3.63) is 29.6 Å². The van der Waals surface area contributed by atoms with Crippen LogP contribution < -0.4 is 5.46 Å². The van der Waals surface area contributed by atoms with Gasteiger partial charge in [0.15, 0.2) is 0 Å². The highest BCUT2D eigenvalue weighted by Gasteiger charge is 2.12. The standard InChI is InChI=1S/C7H7BFIO2/c9-7-3-6(8(11)12)2-1-5(7)4-10/h1-3,11-12H,4H2/i9-1. The van der Waals surface area contributed by atoms with E-state index in [1.165, 1.54) is 6.07 Å². The molecular formula is C7H7BFIO2. The van der Waals surface area contributed by atoms with Crippen LogP contribution in [-0.2, 0) is 4.43 Å².